The van der Waals surface area contributed by atoms with Crippen LogP contribution < -0.4 is 10.2 Å². The van der Waals surface area contributed by atoms with Gasteiger partial charge < -0.3 is 9.73 Å². The van der Waals surface area contributed by atoms with E-state index < -0.39 is 17.9 Å². The number of hydrogen-bond donors (Lipinski definition) is 1. The van der Waals surface area contributed by atoms with E-state index in [4.69, 9.17) is 21.1 Å². The molecule has 220 valence electrons. The molecular weight excluding hydrogens is 554 g/mol. The summed E-state index contributed by atoms with van der Waals surface area (Å²) in [6, 6.07) is 8.86. The predicted octanol–water partition coefficient (Wildman–Crippen LogP) is 5.58. The summed E-state index contributed by atoms with van der Waals surface area (Å²) in [7, 11) is 1.54. The number of carbonyl (C=O) groups excluding carboxylic acids is 2. The number of alkyl halides is 2. The second kappa shape index (κ2) is 12.7. The van der Waals surface area contributed by atoms with Crippen LogP contribution in [0.3, 0.4) is 0 Å². The molecule has 0 spiro atoms. The third-order valence-electron chi connectivity index (χ3n) is 7.89. The van der Waals surface area contributed by atoms with Crippen LogP contribution in [0, 0.1) is 0 Å². The summed E-state index contributed by atoms with van der Waals surface area (Å²) in [4.78, 5) is 33.6. The van der Waals surface area contributed by atoms with E-state index in [2.05, 4.69) is 10.3 Å². The largest absolute Gasteiger partial charge is 0.432 e. The van der Waals surface area contributed by atoms with Gasteiger partial charge in [-0.1, -0.05) is 42.6 Å². The van der Waals surface area contributed by atoms with Gasteiger partial charge in [-0.2, -0.15) is 5.10 Å². The first-order valence-electron chi connectivity index (χ1n) is 14.1. The molecule has 9 nitrogen and oxygen atoms in total. The van der Waals surface area contributed by atoms with Gasteiger partial charge >= 0.3 is 6.01 Å². The summed E-state index contributed by atoms with van der Waals surface area (Å²) in [6.07, 6.45) is 7.44. The van der Waals surface area contributed by atoms with Gasteiger partial charge in [0.25, 0.3) is 11.8 Å². The fourth-order valence-corrected chi connectivity index (χ4v) is 5.93. The van der Waals surface area contributed by atoms with E-state index in [9.17, 15) is 18.4 Å². The van der Waals surface area contributed by atoms with Crippen LogP contribution in [0.15, 0.2) is 47.2 Å². The minimum Gasteiger partial charge on any atom is -0.432 e. The molecule has 0 unspecified atom stereocenters. The Morgan fingerprint density at radius 1 is 1.24 bits per heavy atom. The Morgan fingerprint density at radius 3 is 2.73 bits per heavy atom. The summed E-state index contributed by atoms with van der Waals surface area (Å²) >= 11 is 6.52. The number of halogens is 3. The van der Waals surface area contributed by atoms with Gasteiger partial charge in [-0.3, -0.25) is 24.1 Å². The minimum atomic E-state index is -2.74. The van der Waals surface area contributed by atoms with Crippen molar-refractivity contribution in [2.24, 2.45) is 0 Å². The van der Waals surface area contributed by atoms with Crippen LogP contribution in [-0.4, -0.2) is 70.1 Å². The predicted molar refractivity (Wildman–Crippen MR) is 151 cm³/mol. The van der Waals surface area contributed by atoms with Crippen molar-refractivity contribution in [3.8, 4) is 11.3 Å². The van der Waals surface area contributed by atoms with Gasteiger partial charge in [0.15, 0.2) is 5.69 Å². The Morgan fingerprint density at radius 2 is 2.02 bits per heavy atom. The lowest BCUT2D eigenvalue weighted by Crippen LogP contribution is -2.46. The smallest absolute Gasteiger partial charge is 0.303 e. The first-order valence-corrected chi connectivity index (χ1v) is 14.5. The van der Waals surface area contributed by atoms with Gasteiger partial charge in [0.05, 0.1) is 24.5 Å². The van der Waals surface area contributed by atoms with Gasteiger partial charge in [-0.05, 0) is 44.4 Å². The first kappa shape index (κ1) is 29.2. The maximum Gasteiger partial charge on any atom is 0.303 e. The van der Waals surface area contributed by atoms with E-state index in [0.717, 1.165) is 36.9 Å². The third kappa shape index (κ3) is 7.13. The number of rotatable bonds is 10. The van der Waals surface area contributed by atoms with E-state index in [1.54, 1.807) is 17.0 Å². The average Bonchev–Trinajstić information content (AvgIpc) is 3.73. The molecule has 1 saturated heterocycles. The minimum absolute atomic E-state index is 0.0600. The van der Waals surface area contributed by atoms with Gasteiger partial charge in [0.2, 0.25) is 5.91 Å². The maximum absolute atomic E-state index is 14.0. The van der Waals surface area contributed by atoms with Crippen molar-refractivity contribution in [2.45, 2.75) is 69.4 Å². The van der Waals surface area contributed by atoms with Crippen LogP contribution in [0.1, 0.15) is 67.9 Å². The van der Waals surface area contributed by atoms with E-state index in [1.807, 2.05) is 22.9 Å². The Kier molecular flexibility index (Phi) is 9.03. The topological polar surface area (TPSA) is 96.5 Å². The lowest BCUT2D eigenvalue weighted by Gasteiger charge is -2.33. The molecule has 0 bridgehead atoms. The molecular formula is C29H35ClF2N6O3. The summed E-state index contributed by atoms with van der Waals surface area (Å²) < 4.78 is 35.2. The van der Waals surface area contributed by atoms with Gasteiger partial charge in [0, 0.05) is 43.1 Å². The Hall–Kier alpha value is -3.31. The van der Waals surface area contributed by atoms with Crippen LogP contribution in [-0.2, 0) is 4.79 Å². The third-order valence-corrected chi connectivity index (χ3v) is 8.22. The lowest BCUT2D eigenvalue weighted by molar-refractivity contribution is -0.119. The molecule has 1 aromatic carbocycles. The van der Waals surface area contributed by atoms with Gasteiger partial charge in [-0.25, -0.2) is 13.8 Å². The normalized spacial score (nSPS) is 18.3. The van der Waals surface area contributed by atoms with Crippen molar-refractivity contribution in [3.63, 3.8) is 0 Å². The molecule has 12 heteroatoms. The Labute approximate surface area is 242 Å². The van der Waals surface area contributed by atoms with E-state index in [-0.39, 0.29) is 43.0 Å². The van der Waals surface area contributed by atoms with Crippen LogP contribution in [0.25, 0.3) is 11.3 Å². The molecule has 2 aliphatic rings. The first-order chi connectivity index (χ1) is 19.7. The fourth-order valence-electron chi connectivity index (χ4n) is 5.70. The summed E-state index contributed by atoms with van der Waals surface area (Å²) in [5.74, 6) is -3.49. The molecule has 3 aromatic rings. The van der Waals surface area contributed by atoms with Gasteiger partial charge in [-0.15, -0.1) is 0 Å². The Bertz CT molecular complexity index is 1340. The van der Waals surface area contributed by atoms with Crippen molar-refractivity contribution in [3.05, 3.63) is 53.5 Å². The molecule has 3 heterocycles. The maximum atomic E-state index is 14.0. The van der Waals surface area contributed by atoms with Crippen LogP contribution in [0.5, 0.6) is 0 Å². The number of benzene rings is 1. The molecule has 2 fully saturated rings. The lowest BCUT2D eigenvalue weighted by atomic mass is 10.0. The molecule has 1 aliphatic heterocycles. The number of anilines is 1. The molecule has 1 atom stereocenters. The zero-order valence-electron chi connectivity index (χ0n) is 23.1. The SMILES string of the molecule is CN(C(=O)C[C@H](CCN1CCCC(F)(F)C1)NC(=O)c1cc(-c2ccccc2Cl)n(C2CCCC2)n1)c1ncco1. The quantitative estimate of drug-likeness (QED) is 0.332. The molecule has 2 amide bonds. The van der Waals surface area contributed by atoms with Crippen molar-refractivity contribution >= 4 is 29.4 Å². The number of nitrogens with zero attached hydrogens (tertiary/aromatic N) is 5. The molecule has 41 heavy (non-hydrogen) atoms. The molecule has 1 saturated carbocycles. The molecule has 2 aromatic heterocycles. The van der Waals surface area contributed by atoms with Crippen molar-refractivity contribution in [2.75, 3.05) is 31.6 Å². The highest BCUT2D eigenvalue weighted by molar-refractivity contribution is 6.33. The fraction of sp³-hybridized carbons (Fsp3) is 0.517. The molecule has 5 rings (SSSR count). The van der Waals surface area contributed by atoms with Crippen molar-refractivity contribution in [1.29, 1.82) is 0 Å². The van der Waals surface area contributed by atoms with E-state index in [1.165, 1.54) is 24.4 Å². The molecule has 1 aliphatic carbocycles. The zero-order valence-corrected chi connectivity index (χ0v) is 23.8. The van der Waals surface area contributed by atoms with E-state index >= 15 is 0 Å². The number of nitrogens with one attached hydrogen (secondary N) is 1. The molecule has 0 radical (unpaired) electrons. The van der Waals surface area contributed by atoms with Crippen molar-refractivity contribution < 1.29 is 22.8 Å². The number of hydrogen-bond acceptors (Lipinski definition) is 6. The van der Waals surface area contributed by atoms with E-state index in [0.29, 0.717) is 31.0 Å². The average molecular weight is 589 g/mol. The number of piperidine rings is 1. The second-order valence-corrected chi connectivity index (χ2v) is 11.4. The van der Waals surface area contributed by atoms with Crippen LogP contribution in [0.4, 0.5) is 14.8 Å². The second-order valence-electron chi connectivity index (χ2n) is 10.9. The highest BCUT2D eigenvalue weighted by atomic mass is 35.5. The number of aromatic nitrogens is 3. The highest BCUT2D eigenvalue weighted by Gasteiger charge is 2.35. The standard InChI is InChI=1S/C29H35ClF2N6O3/c1-36(28-33-13-16-41-28)26(39)17-20(11-15-37-14-6-12-29(31,32)19-37)34-27(40)24-18-25(22-9-4-5-10-23(22)30)38(35-24)21-7-2-3-8-21/h4-5,9-10,13,16,18,20-21H,2-3,6-8,11-12,14-15,17,19H2,1H3,(H,34,40)/t20-/m0/s1. The number of amides is 2. The monoisotopic (exact) mass is 588 g/mol. The molecule has 1 N–H and O–H groups in total. The summed E-state index contributed by atoms with van der Waals surface area (Å²) in [5.41, 5.74) is 1.77. The van der Waals surface area contributed by atoms with Crippen LogP contribution in [0.2, 0.25) is 5.02 Å². The number of oxazole rings is 1. The number of carbonyl (C=O) groups is 2. The summed E-state index contributed by atoms with van der Waals surface area (Å²) in [5, 5.41) is 8.23. The van der Waals surface area contributed by atoms with Gasteiger partial charge in [0.1, 0.15) is 6.26 Å². The number of likely N-dealkylation sites (tertiary alicyclic amines) is 1. The summed E-state index contributed by atoms with van der Waals surface area (Å²) in [6.45, 7) is 0.538. The van der Waals surface area contributed by atoms with Crippen molar-refractivity contribution in [1.82, 2.24) is 25.0 Å². The highest BCUT2D eigenvalue weighted by Crippen LogP contribution is 2.36. The zero-order chi connectivity index (χ0) is 29.0. The Balaban J connectivity index is 1.35. The van der Waals surface area contributed by atoms with Crippen LogP contribution >= 0.6 is 11.6 Å².